The summed E-state index contributed by atoms with van der Waals surface area (Å²) in [6.07, 6.45) is 3.45. The summed E-state index contributed by atoms with van der Waals surface area (Å²) >= 11 is 0. The summed E-state index contributed by atoms with van der Waals surface area (Å²) in [5.74, 6) is -0.0648. The lowest BCUT2D eigenvalue weighted by molar-refractivity contribution is -0.116. The Hall–Kier alpha value is -1.91. The van der Waals surface area contributed by atoms with E-state index in [1.807, 2.05) is 12.1 Å². The number of rotatable bonds is 9. The SMILES string of the molecule is CCCCCC(=O)Nc1cc(N(CC)CC)ccc1N=O. The zero-order valence-corrected chi connectivity index (χ0v) is 13.2. The molecule has 0 aliphatic heterocycles. The normalized spacial score (nSPS) is 10.2. The molecule has 0 aromatic heterocycles. The van der Waals surface area contributed by atoms with Crippen molar-refractivity contribution in [1.82, 2.24) is 0 Å². The summed E-state index contributed by atoms with van der Waals surface area (Å²) in [5.41, 5.74) is 1.75. The van der Waals surface area contributed by atoms with Gasteiger partial charge in [0.15, 0.2) is 0 Å². The third kappa shape index (κ3) is 5.17. The second-order valence-corrected chi connectivity index (χ2v) is 4.97. The number of amides is 1. The maximum Gasteiger partial charge on any atom is 0.224 e. The summed E-state index contributed by atoms with van der Waals surface area (Å²) in [6.45, 7) is 7.97. The molecule has 1 aromatic carbocycles. The van der Waals surface area contributed by atoms with Crippen molar-refractivity contribution >= 4 is 23.0 Å². The number of carbonyl (C=O) groups is 1. The average molecular weight is 291 g/mol. The van der Waals surface area contributed by atoms with Gasteiger partial charge < -0.3 is 10.2 Å². The van der Waals surface area contributed by atoms with E-state index in [0.717, 1.165) is 38.0 Å². The molecule has 0 saturated heterocycles. The second-order valence-electron chi connectivity index (χ2n) is 4.97. The molecule has 0 aliphatic rings. The molecule has 1 aromatic rings. The molecule has 0 aliphatic carbocycles. The number of hydrogen-bond donors (Lipinski definition) is 1. The van der Waals surface area contributed by atoms with E-state index >= 15 is 0 Å². The average Bonchev–Trinajstić information content (AvgIpc) is 2.49. The molecule has 0 radical (unpaired) electrons. The van der Waals surface area contributed by atoms with Crippen LogP contribution in [0.5, 0.6) is 0 Å². The molecule has 1 amide bonds. The van der Waals surface area contributed by atoms with Gasteiger partial charge in [0.25, 0.3) is 0 Å². The van der Waals surface area contributed by atoms with Gasteiger partial charge in [-0.15, -0.1) is 4.91 Å². The van der Waals surface area contributed by atoms with E-state index in [0.29, 0.717) is 12.1 Å². The van der Waals surface area contributed by atoms with E-state index in [2.05, 4.69) is 36.2 Å². The molecule has 5 nitrogen and oxygen atoms in total. The summed E-state index contributed by atoms with van der Waals surface area (Å²) < 4.78 is 0. The highest BCUT2D eigenvalue weighted by Crippen LogP contribution is 2.30. The van der Waals surface area contributed by atoms with Crippen LogP contribution in [0, 0.1) is 4.91 Å². The van der Waals surface area contributed by atoms with E-state index in [-0.39, 0.29) is 11.6 Å². The molecule has 0 unspecified atom stereocenters. The zero-order chi connectivity index (χ0) is 15.7. The number of nitroso groups, excluding NO2 is 1. The van der Waals surface area contributed by atoms with E-state index in [1.54, 1.807) is 6.07 Å². The zero-order valence-electron chi connectivity index (χ0n) is 13.2. The molecule has 0 bridgehead atoms. The molecular weight excluding hydrogens is 266 g/mol. The maximum absolute atomic E-state index is 11.9. The molecule has 116 valence electrons. The summed E-state index contributed by atoms with van der Waals surface area (Å²) in [5, 5.41) is 5.79. The molecule has 0 fully saturated rings. The first-order valence-corrected chi connectivity index (χ1v) is 7.68. The van der Waals surface area contributed by atoms with E-state index in [4.69, 9.17) is 0 Å². The predicted octanol–water partition coefficient (Wildman–Crippen LogP) is 4.45. The van der Waals surface area contributed by atoms with Crippen LogP contribution >= 0.6 is 0 Å². The van der Waals surface area contributed by atoms with Crippen LogP contribution in [0.1, 0.15) is 46.5 Å². The van der Waals surface area contributed by atoms with Crippen molar-refractivity contribution in [3.05, 3.63) is 23.1 Å². The number of nitrogens with zero attached hydrogens (tertiary/aromatic N) is 2. The van der Waals surface area contributed by atoms with Crippen molar-refractivity contribution in [2.45, 2.75) is 46.5 Å². The Labute approximate surface area is 126 Å². The number of benzene rings is 1. The molecule has 5 heteroatoms. The third-order valence-electron chi connectivity index (χ3n) is 3.49. The van der Waals surface area contributed by atoms with Gasteiger partial charge >= 0.3 is 0 Å². The van der Waals surface area contributed by atoms with Crippen molar-refractivity contribution in [2.24, 2.45) is 5.18 Å². The van der Waals surface area contributed by atoms with E-state index in [9.17, 15) is 9.70 Å². The van der Waals surface area contributed by atoms with Gasteiger partial charge in [0.2, 0.25) is 5.91 Å². The fourth-order valence-electron chi connectivity index (χ4n) is 2.24. The van der Waals surface area contributed by atoms with Crippen LogP contribution in [0.3, 0.4) is 0 Å². The Morgan fingerprint density at radius 2 is 1.90 bits per heavy atom. The largest absolute Gasteiger partial charge is 0.372 e. The first-order chi connectivity index (χ1) is 10.2. The summed E-state index contributed by atoms with van der Waals surface area (Å²) in [4.78, 5) is 24.9. The van der Waals surface area contributed by atoms with Crippen LogP contribution in [-0.4, -0.2) is 19.0 Å². The van der Waals surface area contributed by atoms with Gasteiger partial charge in [-0.25, -0.2) is 0 Å². The lowest BCUT2D eigenvalue weighted by atomic mass is 10.2. The fraction of sp³-hybridized carbons (Fsp3) is 0.562. The topological polar surface area (TPSA) is 61.8 Å². The highest BCUT2D eigenvalue weighted by Gasteiger charge is 2.11. The predicted molar refractivity (Wildman–Crippen MR) is 88.2 cm³/mol. The van der Waals surface area contributed by atoms with Crippen LogP contribution in [0.25, 0.3) is 0 Å². The lowest BCUT2D eigenvalue weighted by Gasteiger charge is -2.22. The maximum atomic E-state index is 11.9. The van der Waals surface area contributed by atoms with Crippen LogP contribution in [0.15, 0.2) is 23.4 Å². The number of nitrogens with one attached hydrogen (secondary N) is 1. The van der Waals surface area contributed by atoms with Crippen LogP contribution in [0.2, 0.25) is 0 Å². The first-order valence-electron chi connectivity index (χ1n) is 7.68. The third-order valence-corrected chi connectivity index (χ3v) is 3.49. The van der Waals surface area contributed by atoms with Crippen LogP contribution in [0.4, 0.5) is 17.1 Å². The lowest BCUT2D eigenvalue weighted by Crippen LogP contribution is -2.22. The number of anilines is 2. The minimum absolute atomic E-state index is 0.0648. The van der Waals surface area contributed by atoms with Crippen molar-refractivity contribution in [2.75, 3.05) is 23.3 Å². The highest BCUT2D eigenvalue weighted by molar-refractivity contribution is 5.94. The molecule has 1 rings (SSSR count). The Kier molecular flexibility index (Phi) is 7.43. The monoisotopic (exact) mass is 291 g/mol. The van der Waals surface area contributed by atoms with Crippen molar-refractivity contribution in [3.8, 4) is 0 Å². The number of carbonyl (C=O) groups excluding carboxylic acids is 1. The quantitative estimate of drug-likeness (QED) is 0.540. The molecule has 1 N–H and O–H groups in total. The smallest absolute Gasteiger partial charge is 0.224 e. The Bertz CT molecular complexity index is 471. The summed E-state index contributed by atoms with van der Waals surface area (Å²) in [7, 11) is 0. The molecule has 0 saturated carbocycles. The highest BCUT2D eigenvalue weighted by atomic mass is 16.3. The van der Waals surface area contributed by atoms with Crippen molar-refractivity contribution in [1.29, 1.82) is 0 Å². The Morgan fingerprint density at radius 1 is 1.19 bits per heavy atom. The molecule has 0 spiro atoms. The minimum atomic E-state index is -0.0648. The van der Waals surface area contributed by atoms with Gasteiger partial charge in [-0.2, -0.15) is 0 Å². The Morgan fingerprint density at radius 3 is 2.48 bits per heavy atom. The van der Waals surface area contributed by atoms with Crippen LogP contribution in [-0.2, 0) is 4.79 Å². The molecule has 0 heterocycles. The number of unbranched alkanes of at least 4 members (excludes halogenated alkanes) is 2. The van der Waals surface area contributed by atoms with E-state index in [1.165, 1.54) is 0 Å². The molecular formula is C16H25N3O2. The van der Waals surface area contributed by atoms with Crippen LogP contribution < -0.4 is 10.2 Å². The van der Waals surface area contributed by atoms with Gasteiger partial charge in [-0.05, 0) is 43.6 Å². The second kappa shape index (κ2) is 9.10. The van der Waals surface area contributed by atoms with Gasteiger partial charge in [0.05, 0.1) is 5.69 Å². The van der Waals surface area contributed by atoms with Gasteiger partial charge in [-0.1, -0.05) is 19.8 Å². The van der Waals surface area contributed by atoms with Gasteiger partial charge in [0.1, 0.15) is 5.69 Å². The van der Waals surface area contributed by atoms with Crippen molar-refractivity contribution < 1.29 is 4.79 Å². The Balaban J connectivity index is 2.85. The van der Waals surface area contributed by atoms with Gasteiger partial charge in [0, 0.05) is 25.2 Å². The standard InChI is InChI=1S/C16H25N3O2/c1-4-7-8-9-16(20)17-15-12-13(19(5-2)6-3)10-11-14(15)18-21/h10-12H,4-9H2,1-3H3,(H,17,20). The fourth-order valence-corrected chi connectivity index (χ4v) is 2.24. The molecule has 21 heavy (non-hydrogen) atoms. The van der Waals surface area contributed by atoms with Crippen molar-refractivity contribution in [3.63, 3.8) is 0 Å². The number of hydrogen-bond acceptors (Lipinski definition) is 4. The summed E-state index contributed by atoms with van der Waals surface area (Å²) in [6, 6.07) is 5.33. The first kappa shape index (κ1) is 17.1. The van der Waals surface area contributed by atoms with Gasteiger partial charge in [-0.3, -0.25) is 4.79 Å². The minimum Gasteiger partial charge on any atom is -0.372 e. The van der Waals surface area contributed by atoms with E-state index < -0.39 is 0 Å². The molecule has 0 atom stereocenters.